The van der Waals surface area contributed by atoms with E-state index < -0.39 is 41.6 Å². The molecule has 210 valence electrons. The average Bonchev–Trinajstić information content (AvgIpc) is 3.39. The van der Waals surface area contributed by atoms with Crippen molar-refractivity contribution < 1.29 is 43.2 Å². The van der Waals surface area contributed by atoms with Gasteiger partial charge in [-0.05, 0) is 52.6 Å². The minimum Gasteiger partial charge on any atom is -0.477 e. The molecule has 6 rings (SSSR count). The number of fused-ring (bicyclic) bond motifs is 4. The minimum absolute atomic E-state index is 0. The molecule has 0 aliphatic carbocycles. The van der Waals surface area contributed by atoms with Gasteiger partial charge in [0, 0.05) is 0 Å². The van der Waals surface area contributed by atoms with Crippen molar-refractivity contribution in [3.63, 3.8) is 0 Å². The Labute approximate surface area is 222 Å². The van der Waals surface area contributed by atoms with Crippen molar-refractivity contribution in [3.05, 3.63) is 35.9 Å². The first-order valence-corrected chi connectivity index (χ1v) is 12.7. The number of nitrogens with one attached hydrogen (secondary N) is 1. The summed E-state index contributed by atoms with van der Waals surface area (Å²) in [7, 11) is 0. The van der Waals surface area contributed by atoms with Gasteiger partial charge in [0.15, 0.2) is 17.7 Å². The van der Waals surface area contributed by atoms with E-state index in [0.29, 0.717) is 6.54 Å². The number of nitrogens with zero attached hydrogens (tertiary/aromatic N) is 1. The van der Waals surface area contributed by atoms with Crippen molar-refractivity contribution in [2.24, 2.45) is 5.92 Å². The fraction of sp³-hybridized carbons (Fsp3) is 0.667. The standard InChI is InChI=1S/C14H16N2O2.C12H18O7.CH4/c17-13-11-7-4-8-15-12(11)14(18)16(13)9-10-5-2-1-3-6-10;1-10(2)15-5-6-7(17-10)8-12(16-6,9(13)14)19-11(3,4)18-8;/h1-3,5-6,11-12,15H,4,7-9H2;6-8H,5H2,1-4H3,(H,13,14);1H4/t11-,12+;6-,7+,8-,12+;/m10./s1. The maximum Gasteiger partial charge on any atom is 0.367 e. The lowest BCUT2D eigenvalue weighted by Gasteiger charge is -2.38. The Bertz CT molecular complexity index is 1040. The number of ether oxygens (including phenoxy) is 5. The first-order valence-electron chi connectivity index (χ1n) is 12.7. The zero-order valence-corrected chi connectivity index (χ0v) is 21.5. The Balaban J connectivity index is 0.000000173. The van der Waals surface area contributed by atoms with Crippen LogP contribution in [0.3, 0.4) is 0 Å². The molecule has 0 bridgehead atoms. The highest BCUT2D eigenvalue weighted by Crippen LogP contribution is 2.49. The Morgan fingerprint density at radius 1 is 1.05 bits per heavy atom. The SMILES string of the molecule is C.CC1(C)OC[C@@H]2O[C@@]3(C(=O)O)OC(C)(C)O[C@H]3[C@@H]2O1.O=C1[C@H]2NCCC[C@H]2C(=O)N1Cc1ccccc1. The van der Waals surface area contributed by atoms with Gasteiger partial charge in [-0.15, -0.1) is 0 Å². The highest BCUT2D eigenvalue weighted by Gasteiger charge is 2.71. The highest BCUT2D eigenvalue weighted by molar-refractivity contribution is 6.07. The van der Waals surface area contributed by atoms with E-state index in [1.807, 2.05) is 30.3 Å². The summed E-state index contributed by atoms with van der Waals surface area (Å²) in [5, 5.41) is 12.6. The first kappa shape index (κ1) is 28.6. The van der Waals surface area contributed by atoms with Crippen LogP contribution in [0.2, 0.25) is 0 Å². The smallest absolute Gasteiger partial charge is 0.367 e. The summed E-state index contributed by atoms with van der Waals surface area (Å²) in [6, 6.07) is 9.37. The number of amides is 2. The van der Waals surface area contributed by atoms with Crippen molar-refractivity contribution in [3.8, 4) is 0 Å². The van der Waals surface area contributed by atoms with Gasteiger partial charge in [0.1, 0.15) is 12.2 Å². The summed E-state index contributed by atoms with van der Waals surface area (Å²) < 4.78 is 28.0. The Kier molecular flexibility index (Phi) is 7.74. The quantitative estimate of drug-likeness (QED) is 0.555. The van der Waals surface area contributed by atoms with E-state index in [-0.39, 0.29) is 37.8 Å². The van der Waals surface area contributed by atoms with Crippen LogP contribution in [-0.2, 0) is 44.6 Å². The van der Waals surface area contributed by atoms with Gasteiger partial charge in [0.2, 0.25) is 11.8 Å². The molecule has 5 aliphatic heterocycles. The van der Waals surface area contributed by atoms with Crippen LogP contribution in [0.25, 0.3) is 0 Å². The highest BCUT2D eigenvalue weighted by atomic mass is 16.9. The molecule has 5 aliphatic rings. The molecule has 0 aromatic heterocycles. The molecule has 0 radical (unpaired) electrons. The summed E-state index contributed by atoms with van der Waals surface area (Å²) in [5.41, 5.74) is 0.998. The van der Waals surface area contributed by atoms with E-state index in [1.165, 1.54) is 4.90 Å². The summed E-state index contributed by atoms with van der Waals surface area (Å²) in [6.45, 7) is 8.32. The fourth-order valence-electron chi connectivity index (χ4n) is 5.63. The van der Waals surface area contributed by atoms with Gasteiger partial charge >= 0.3 is 11.8 Å². The van der Waals surface area contributed by atoms with Gasteiger partial charge in [0.05, 0.1) is 25.1 Å². The molecule has 1 aromatic rings. The Morgan fingerprint density at radius 3 is 2.42 bits per heavy atom. The van der Waals surface area contributed by atoms with Crippen LogP contribution < -0.4 is 5.32 Å². The van der Waals surface area contributed by atoms with E-state index >= 15 is 0 Å². The van der Waals surface area contributed by atoms with Crippen LogP contribution in [0.15, 0.2) is 30.3 Å². The molecular formula is C27H38N2O9. The van der Waals surface area contributed by atoms with Gasteiger partial charge in [0.25, 0.3) is 0 Å². The third-order valence-electron chi connectivity index (χ3n) is 7.24. The summed E-state index contributed by atoms with van der Waals surface area (Å²) in [6.07, 6.45) is -0.0487. The molecule has 38 heavy (non-hydrogen) atoms. The van der Waals surface area contributed by atoms with Crippen LogP contribution in [-0.4, -0.2) is 82.7 Å². The maximum absolute atomic E-state index is 12.2. The number of carboxylic acid groups (broad SMARTS) is 1. The largest absolute Gasteiger partial charge is 0.477 e. The van der Waals surface area contributed by atoms with E-state index in [4.69, 9.17) is 23.7 Å². The number of rotatable bonds is 3. The zero-order chi connectivity index (χ0) is 26.6. The third-order valence-corrected chi connectivity index (χ3v) is 7.24. The molecule has 2 amide bonds. The van der Waals surface area contributed by atoms with Gasteiger partial charge in [-0.25, -0.2) is 4.79 Å². The second-order valence-corrected chi connectivity index (χ2v) is 10.9. The van der Waals surface area contributed by atoms with Crippen LogP contribution in [0.4, 0.5) is 0 Å². The lowest BCUT2D eigenvalue weighted by atomic mass is 9.93. The van der Waals surface area contributed by atoms with Crippen LogP contribution in [0, 0.1) is 5.92 Å². The summed E-state index contributed by atoms with van der Waals surface area (Å²) >= 11 is 0. The van der Waals surface area contributed by atoms with Crippen LogP contribution >= 0.6 is 0 Å². The second-order valence-electron chi connectivity index (χ2n) is 10.9. The number of carbonyl (C=O) groups is 3. The summed E-state index contributed by atoms with van der Waals surface area (Å²) in [4.78, 5) is 37.4. The lowest BCUT2D eigenvalue weighted by Crippen LogP contribution is -2.52. The average molecular weight is 535 g/mol. The number of hydrogen-bond donors (Lipinski definition) is 2. The number of likely N-dealkylation sites (tertiary alicyclic amines) is 1. The first-order chi connectivity index (χ1) is 17.4. The monoisotopic (exact) mass is 534 g/mol. The number of carboxylic acids is 1. The van der Waals surface area contributed by atoms with E-state index in [2.05, 4.69) is 5.32 Å². The molecule has 11 nitrogen and oxygen atoms in total. The van der Waals surface area contributed by atoms with E-state index in [9.17, 15) is 19.5 Å². The molecule has 0 saturated carbocycles. The van der Waals surface area contributed by atoms with Crippen molar-refractivity contribution in [2.45, 2.75) is 96.2 Å². The number of benzene rings is 1. The van der Waals surface area contributed by atoms with Crippen LogP contribution in [0.1, 0.15) is 53.5 Å². The predicted molar refractivity (Wildman–Crippen MR) is 133 cm³/mol. The van der Waals surface area contributed by atoms with Gasteiger partial charge < -0.3 is 34.1 Å². The molecule has 1 aromatic carbocycles. The number of imide groups is 1. The zero-order valence-electron chi connectivity index (χ0n) is 21.5. The predicted octanol–water partition coefficient (Wildman–Crippen LogP) is 2.03. The topological polar surface area (TPSA) is 133 Å². The van der Waals surface area contributed by atoms with Crippen molar-refractivity contribution in [1.29, 1.82) is 0 Å². The third kappa shape index (κ3) is 5.11. The molecule has 5 heterocycles. The molecule has 2 N–H and O–H groups in total. The van der Waals surface area contributed by atoms with Crippen molar-refractivity contribution >= 4 is 17.8 Å². The van der Waals surface area contributed by atoms with E-state index in [1.54, 1.807) is 27.7 Å². The minimum atomic E-state index is -1.82. The van der Waals surface area contributed by atoms with Gasteiger partial charge in [-0.2, -0.15) is 0 Å². The second kappa shape index (κ2) is 10.3. The van der Waals surface area contributed by atoms with Gasteiger partial charge in [-0.1, -0.05) is 37.8 Å². The molecule has 0 spiro atoms. The number of piperidine rings is 1. The Hall–Kier alpha value is -2.41. The molecule has 5 fully saturated rings. The van der Waals surface area contributed by atoms with Crippen LogP contribution in [0.5, 0.6) is 0 Å². The lowest BCUT2D eigenvalue weighted by molar-refractivity contribution is -0.325. The normalized spacial score (nSPS) is 36.3. The molecule has 5 saturated heterocycles. The number of carbonyl (C=O) groups excluding carboxylic acids is 2. The molecule has 0 unspecified atom stereocenters. The molecular weight excluding hydrogens is 496 g/mol. The number of hydrogen-bond acceptors (Lipinski definition) is 9. The molecule has 6 atom stereocenters. The van der Waals surface area contributed by atoms with Crippen molar-refractivity contribution in [1.82, 2.24) is 10.2 Å². The maximum atomic E-state index is 12.2. The number of aliphatic carboxylic acids is 1. The fourth-order valence-corrected chi connectivity index (χ4v) is 5.63. The van der Waals surface area contributed by atoms with E-state index in [0.717, 1.165) is 24.9 Å². The van der Waals surface area contributed by atoms with Gasteiger partial charge in [-0.3, -0.25) is 14.5 Å². The summed E-state index contributed by atoms with van der Waals surface area (Å²) in [5.74, 6) is -5.07. The van der Waals surface area contributed by atoms with Crippen molar-refractivity contribution in [2.75, 3.05) is 13.2 Å². The molecule has 11 heteroatoms. The Morgan fingerprint density at radius 2 is 1.76 bits per heavy atom.